The minimum atomic E-state index is 0.688. The molecule has 3 rings (SSSR count). The first-order chi connectivity index (χ1) is 10.2. The molecule has 0 fully saturated rings. The van der Waals surface area contributed by atoms with Crippen molar-refractivity contribution in [2.75, 3.05) is 5.32 Å². The molecule has 3 aromatic rings. The van der Waals surface area contributed by atoms with Crippen LogP contribution in [0.25, 0.3) is 5.69 Å². The first kappa shape index (κ1) is 14.4. The lowest BCUT2D eigenvalue weighted by molar-refractivity contribution is 0.880. The summed E-state index contributed by atoms with van der Waals surface area (Å²) in [4.78, 5) is 0. The van der Waals surface area contributed by atoms with Crippen LogP contribution >= 0.6 is 34.2 Å². The number of aromatic nitrogens is 2. The van der Waals surface area contributed by atoms with Gasteiger partial charge in [-0.05, 0) is 52.9 Å². The second kappa shape index (κ2) is 6.49. The number of hydrogen-bond donors (Lipinski definition) is 1. The van der Waals surface area contributed by atoms with E-state index < -0.39 is 0 Å². The Bertz CT molecular complexity index is 740. The highest BCUT2D eigenvalue weighted by Crippen LogP contribution is 2.24. The Kier molecular flexibility index (Phi) is 4.45. The lowest BCUT2D eigenvalue weighted by Gasteiger charge is -2.07. The first-order valence-corrected chi connectivity index (χ1v) is 7.96. The summed E-state index contributed by atoms with van der Waals surface area (Å²) in [5.41, 5.74) is 3.09. The van der Waals surface area contributed by atoms with Crippen LogP contribution < -0.4 is 5.32 Å². The van der Waals surface area contributed by atoms with Crippen LogP contribution in [-0.2, 0) is 6.54 Å². The van der Waals surface area contributed by atoms with Crippen LogP contribution in [0.2, 0.25) is 5.02 Å². The Morgan fingerprint density at radius 1 is 1.14 bits per heavy atom. The highest BCUT2D eigenvalue weighted by atomic mass is 127. The summed E-state index contributed by atoms with van der Waals surface area (Å²) >= 11 is 8.46. The van der Waals surface area contributed by atoms with Crippen molar-refractivity contribution in [3.8, 4) is 5.69 Å². The number of anilines is 1. The maximum absolute atomic E-state index is 6.21. The molecule has 2 aromatic carbocycles. The fourth-order valence-corrected chi connectivity index (χ4v) is 2.93. The molecular formula is C16H13ClIN3. The molecule has 0 saturated carbocycles. The molecule has 0 atom stereocenters. The molecule has 0 aliphatic carbocycles. The lowest BCUT2D eigenvalue weighted by Crippen LogP contribution is -1.99. The van der Waals surface area contributed by atoms with Gasteiger partial charge in [-0.1, -0.05) is 29.8 Å². The number of nitrogens with one attached hydrogen (secondary N) is 1. The van der Waals surface area contributed by atoms with Crippen LogP contribution in [0.15, 0.2) is 60.9 Å². The third-order valence-electron chi connectivity index (χ3n) is 3.07. The van der Waals surface area contributed by atoms with Gasteiger partial charge in [0.2, 0.25) is 0 Å². The average Bonchev–Trinajstić information content (AvgIpc) is 2.96. The fourth-order valence-electron chi connectivity index (χ4n) is 2.00. The number of rotatable bonds is 4. The quantitative estimate of drug-likeness (QED) is 0.631. The number of halogens is 2. The van der Waals surface area contributed by atoms with Gasteiger partial charge in [0.1, 0.15) is 0 Å². The molecule has 21 heavy (non-hydrogen) atoms. The van der Waals surface area contributed by atoms with Crippen molar-refractivity contribution in [2.45, 2.75) is 6.54 Å². The van der Waals surface area contributed by atoms with E-state index in [1.807, 2.05) is 65.6 Å². The zero-order chi connectivity index (χ0) is 14.7. The predicted molar refractivity (Wildman–Crippen MR) is 95.1 cm³/mol. The molecule has 0 radical (unpaired) electrons. The molecule has 0 bridgehead atoms. The Balaban J connectivity index is 1.70. The van der Waals surface area contributed by atoms with E-state index in [9.17, 15) is 0 Å². The van der Waals surface area contributed by atoms with Crippen molar-refractivity contribution in [2.24, 2.45) is 0 Å². The highest BCUT2D eigenvalue weighted by Gasteiger charge is 2.03. The highest BCUT2D eigenvalue weighted by molar-refractivity contribution is 14.1. The molecular weight excluding hydrogens is 397 g/mol. The molecule has 1 heterocycles. The maximum atomic E-state index is 6.21. The number of nitrogens with zero attached hydrogens (tertiary/aromatic N) is 2. The van der Waals surface area contributed by atoms with Crippen molar-refractivity contribution in [3.05, 3.63) is 75.1 Å². The molecule has 106 valence electrons. The minimum Gasteiger partial charge on any atom is -0.380 e. The number of benzene rings is 2. The number of hydrogen-bond acceptors (Lipinski definition) is 2. The van der Waals surface area contributed by atoms with Crippen molar-refractivity contribution < 1.29 is 0 Å². The van der Waals surface area contributed by atoms with E-state index in [0.717, 1.165) is 25.5 Å². The second-order valence-corrected chi connectivity index (χ2v) is 6.26. The molecule has 1 N–H and O–H groups in total. The largest absolute Gasteiger partial charge is 0.380 e. The van der Waals surface area contributed by atoms with Gasteiger partial charge in [0.25, 0.3) is 0 Å². The van der Waals surface area contributed by atoms with Gasteiger partial charge in [-0.25, -0.2) is 4.68 Å². The van der Waals surface area contributed by atoms with Crippen LogP contribution in [0.4, 0.5) is 5.69 Å². The van der Waals surface area contributed by atoms with Crippen LogP contribution in [0.1, 0.15) is 5.56 Å². The first-order valence-electron chi connectivity index (χ1n) is 6.50. The van der Waals surface area contributed by atoms with Crippen molar-refractivity contribution >= 4 is 39.9 Å². The summed E-state index contributed by atoms with van der Waals surface area (Å²) in [5.74, 6) is 0. The summed E-state index contributed by atoms with van der Waals surface area (Å²) in [6.07, 6.45) is 3.88. The Hall–Kier alpha value is -1.53. The Labute approximate surface area is 142 Å². The second-order valence-electron chi connectivity index (χ2n) is 4.61. The van der Waals surface area contributed by atoms with Crippen LogP contribution in [0.3, 0.4) is 0 Å². The summed E-state index contributed by atoms with van der Waals surface area (Å²) in [6, 6.07) is 16.0. The molecule has 0 aliphatic heterocycles. The monoisotopic (exact) mass is 409 g/mol. The fraction of sp³-hybridized carbons (Fsp3) is 0.0625. The summed E-state index contributed by atoms with van der Waals surface area (Å²) in [5, 5.41) is 8.44. The summed E-state index contributed by atoms with van der Waals surface area (Å²) in [6.45, 7) is 0.688. The van der Waals surface area contributed by atoms with Crippen molar-refractivity contribution in [3.63, 3.8) is 0 Å². The Morgan fingerprint density at radius 3 is 2.71 bits per heavy atom. The van der Waals surface area contributed by atoms with Gasteiger partial charge in [0.05, 0.1) is 22.6 Å². The van der Waals surface area contributed by atoms with Gasteiger partial charge < -0.3 is 5.32 Å². The minimum absolute atomic E-state index is 0.688. The molecule has 0 aliphatic rings. The SMILES string of the molecule is Clc1cc(I)ccc1NCc1cnn(-c2ccccc2)c1. The van der Waals surface area contributed by atoms with Crippen molar-refractivity contribution in [1.29, 1.82) is 0 Å². The van der Waals surface area contributed by atoms with Crippen LogP contribution in [-0.4, -0.2) is 9.78 Å². The Morgan fingerprint density at radius 2 is 1.95 bits per heavy atom. The normalized spacial score (nSPS) is 10.6. The number of para-hydroxylation sites is 1. The molecule has 0 saturated heterocycles. The summed E-state index contributed by atoms with van der Waals surface area (Å²) < 4.78 is 2.99. The van der Waals surface area contributed by atoms with Crippen LogP contribution in [0.5, 0.6) is 0 Å². The molecule has 3 nitrogen and oxygen atoms in total. The predicted octanol–water partition coefficient (Wildman–Crippen LogP) is 4.74. The topological polar surface area (TPSA) is 29.9 Å². The average molecular weight is 410 g/mol. The van der Waals surface area contributed by atoms with E-state index in [2.05, 4.69) is 33.0 Å². The van der Waals surface area contributed by atoms with E-state index in [4.69, 9.17) is 11.6 Å². The van der Waals surface area contributed by atoms with Gasteiger partial charge in [0.15, 0.2) is 0 Å². The maximum Gasteiger partial charge on any atom is 0.0648 e. The van der Waals surface area contributed by atoms with E-state index in [1.54, 1.807) is 0 Å². The molecule has 0 spiro atoms. The van der Waals surface area contributed by atoms with Gasteiger partial charge in [-0.2, -0.15) is 5.10 Å². The molecule has 1 aromatic heterocycles. The summed E-state index contributed by atoms with van der Waals surface area (Å²) in [7, 11) is 0. The third kappa shape index (κ3) is 3.57. The third-order valence-corrected chi connectivity index (χ3v) is 4.05. The molecule has 0 amide bonds. The van der Waals surface area contributed by atoms with E-state index >= 15 is 0 Å². The smallest absolute Gasteiger partial charge is 0.0648 e. The van der Waals surface area contributed by atoms with Crippen molar-refractivity contribution in [1.82, 2.24) is 9.78 Å². The lowest BCUT2D eigenvalue weighted by atomic mass is 10.3. The van der Waals surface area contributed by atoms with Gasteiger partial charge in [0, 0.05) is 21.9 Å². The zero-order valence-corrected chi connectivity index (χ0v) is 14.0. The standard InChI is InChI=1S/C16H13ClIN3/c17-15-8-13(18)6-7-16(15)19-9-12-10-20-21(11-12)14-4-2-1-3-5-14/h1-8,10-11,19H,9H2. The molecule has 0 unspecified atom stereocenters. The van der Waals surface area contributed by atoms with Gasteiger partial charge >= 0.3 is 0 Å². The van der Waals surface area contributed by atoms with Gasteiger partial charge in [-0.15, -0.1) is 0 Å². The molecule has 5 heteroatoms. The van der Waals surface area contributed by atoms with Crippen LogP contribution in [0, 0.1) is 3.57 Å². The van der Waals surface area contributed by atoms with E-state index in [-0.39, 0.29) is 0 Å². The van der Waals surface area contributed by atoms with E-state index in [0.29, 0.717) is 6.54 Å². The zero-order valence-electron chi connectivity index (χ0n) is 11.1. The van der Waals surface area contributed by atoms with Gasteiger partial charge in [-0.3, -0.25) is 0 Å². The van der Waals surface area contributed by atoms with E-state index in [1.165, 1.54) is 0 Å².